The molecule has 0 aliphatic rings. The van der Waals surface area contributed by atoms with E-state index in [2.05, 4.69) is 5.32 Å². The molecule has 0 aliphatic carbocycles. The van der Waals surface area contributed by atoms with Crippen LogP contribution < -0.4 is 10.0 Å². The number of carbonyl (C=O) groups is 1. The van der Waals surface area contributed by atoms with Gasteiger partial charge >= 0.3 is 0 Å². The highest BCUT2D eigenvalue weighted by atomic mass is 35.5. The molecule has 0 radical (unpaired) electrons. The van der Waals surface area contributed by atoms with Gasteiger partial charge in [0.2, 0.25) is 0 Å². The minimum Gasteiger partial charge on any atom is -0.619 e. The van der Waals surface area contributed by atoms with Gasteiger partial charge in [-0.1, -0.05) is 23.7 Å². The van der Waals surface area contributed by atoms with Crippen molar-refractivity contribution in [1.82, 2.24) is 5.32 Å². The lowest BCUT2D eigenvalue weighted by Gasteiger charge is -2.12. The van der Waals surface area contributed by atoms with Crippen LogP contribution in [0.15, 0.2) is 48.8 Å². The van der Waals surface area contributed by atoms with Crippen LogP contribution in [0.5, 0.6) is 0 Å². The summed E-state index contributed by atoms with van der Waals surface area (Å²) in [6, 6.07) is 9.72. The Labute approximate surface area is 121 Å². The number of aliphatic hydroxyl groups is 1. The van der Waals surface area contributed by atoms with E-state index < -0.39 is 12.0 Å². The zero-order valence-corrected chi connectivity index (χ0v) is 11.2. The molecule has 0 saturated carbocycles. The molecule has 104 valence electrons. The van der Waals surface area contributed by atoms with Gasteiger partial charge in [0.25, 0.3) is 5.91 Å². The van der Waals surface area contributed by atoms with Crippen molar-refractivity contribution in [3.05, 3.63) is 70.1 Å². The highest BCUT2D eigenvalue weighted by molar-refractivity contribution is 6.30. The summed E-state index contributed by atoms with van der Waals surface area (Å²) in [5.74, 6) is -0.414. The third-order valence-electron chi connectivity index (χ3n) is 2.75. The second-order valence-corrected chi connectivity index (χ2v) is 4.67. The predicted molar refractivity (Wildman–Crippen MR) is 74.1 cm³/mol. The molecule has 1 unspecified atom stereocenters. The zero-order valence-electron chi connectivity index (χ0n) is 10.5. The van der Waals surface area contributed by atoms with E-state index in [9.17, 15) is 15.1 Å². The molecule has 2 N–H and O–H groups in total. The second kappa shape index (κ2) is 6.36. The number of pyridine rings is 1. The highest BCUT2D eigenvalue weighted by Gasteiger charge is 2.12. The number of nitrogens with one attached hydrogen (secondary N) is 1. The Morgan fingerprint density at radius 2 is 2.05 bits per heavy atom. The van der Waals surface area contributed by atoms with Crippen LogP contribution in [0.3, 0.4) is 0 Å². The highest BCUT2D eigenvalue weighted by Crippen LogP contribution is 2.15. The normalized spacial score (nSPS) is 11.9. The fourth-order valence-electron chi connectivity index (χ4n) is 1.68. The Hall–Kier alpha value is -2.11. The summed E-state index contributed by atoms with van der Waals surface area (Å²) in [7, 11) is 0. The summed E-state index contributed by atoms with van der Waals surface area (Å²) < 4.78 is 0.546. The molecule has 0 saturated heterocycles. The van der Waals surface area contributed by atoms with Crippen LogP contribution >= 0.6 is 11.6 Å². The van der Waals surface area contributed by atoms with E-state index in [1.54, 1.807) is 24.3 Å². The van der Waals surface area contributed by atoms with Gasteiger partial charge in [0.05, 0.1) is 6.10 Å². The largest absolute Gasteiger partial charge is 0.619 e. The number of amides is 1. The van der Waals surface area contributed by atoms with Crippen molar-refractivity contribution in [2.45, 2.75) is 6.10 Å². The summed E-state index contributed by atoms with van der Waals surface area (Å²) in [6.07, 6.45) is 1.63. The number of aliphatic hydroxyl groups excluding tert-OH is 1. The maximum absolute atomic E-state index is 11.8. The van der Waals surface area contributed by atoms with Crippen molar-refractivity contribution in [2.75, 3.05) is 6.54 Å². The van der Waals surface area contributed by atoms with Gasteiger partial charge in [-0.25, -0.2) is 0 Å². The van der Waals surface area contributed by atoms with Crippen molar-refractivity contribution in [3.63, 3.8) is 0 Å². The lowest BCUT2D eigenvalue weighted by molar-refractivity contribution is -0.605. The van der Waals surface area contributed by atoms with Gasteiger partial charge < -0.3 is 15.6 Å². The maximum atomic E-state index is 11.8. The van der Waals surface area contributed by atoms with Gasteiger partial charge in [-0.05, 0) is 23.8 Å². The lowest BCUT2D eigenvalue weighted by atomic mass is 10.1. The summed E-state index contributed by atoms with van der Waals surface area (Å²) >= 11 is 5.76. The first-order valence-corrected chi connectivity index (χ1v) is 6.34. The number of halogens is 1. The van der Waals surface area contributed by atoms with Crippen LogP contribution in [0.2, 0.25) is 5.02 Å². The third-order valence-corrected chi connectivity index (χ3v) is 3.00. The topological polar surface area (TPSA) is 76.3 Å². The molecule has 6 heteroatoms. The SMILES string of the molecule is O=C(NCC(O)c1ccc(Cl)cc1)c1ccc[n+]([O-])c1. The summed E-state index contributed by atoms with van der Waals surface area (Å²) in [5.41, 5.74) is 0.896. The molecule has 2 rings (SSSR count). The number of nitrogens with zero attached hydrogens (tertiary/aromatic N) is 1. The molecule has 0 spiro atoms. The van der Waals surface area contributed by atoms with E-state index in [0.717, 1.165) is 0 Å². The molecule has 0 fully saturated rings. The molecule has 20 heavy (non-hydrogen) atoms. The van der Waals surface area contributed by atoms with E-state index >= 15 is 0 Å². The van der Waals surface area contributed by atoms with Gasteiger partial charge in [-0.3, -0.25) is 4.79 Å². The Morgan fingerprint density at radius 3 is 2.70 bits per heavy atom. The van der Waals surface area contributed by atoms with Gasteiger partial charge in [0, 0.05) is 17.6 Å². The second-order valence-electron chi connectivity index (χ2n) is 4.23. The molecule has 1 amide bonds. The predicted octanol–water partition coefficient (Wildman–Crippen LogP) is 1.44. The lowest BCUT2D eigenvalue weighted by Crippen LogP contribution is -2.32. The van der Waals surface area contributed by atoms with Crippen LogP contribution in [-0.2, 0) is 0 Å². The molecule has 5 nitrogen and oxygen atoms in total. The summed E-state index contributed by atoms with van der Waals surface area (Å²) in [6.45, 7) is 0.0498. The van der Waals surface area contributed by atoms with Gasteiger partial charge in [-0.15, -0.1) is 0 Å². The minimum absolute atomic E-state index is 0.0498. The van der Waals surface area contributed by atoms with Gasteiger partial charge in [0.15, 0.2) is 12.4 Å². The molecular weight excluding hydrogens is 280 g/mol. The number of rotatable bonds is 4. The Balaban J connectivity index is 1.94. The molecule has 2 aromatic rings. The first-order valence-electron chi connectivity index (χ1n) is 5.97. The number of aromatic nitrogens is 1. The smallest absolute Gasteiger partial charge is 0.257 e. The Morgan fingerprint density at radius 1 is 1.35 bits per heavy atom. The molecule has 1 atom stereocenters. The third kappa shape index (κ3) is 3.69. The monoisotopic (exact) mass is 292 g/mol. The maximum Gasteiger partial charge on any atom is 0.257 e. The average molecular weight is 293 g/mol. The molecule has 0 bridgehead atoms. The summed E-state index contributed by atoms with van der Waals surface area (Å²) in [4.78, 5) is 11.8. The number of carbonyl (C=O) groups excluding carboxylic acids is 1. The Kier molecular flexibility index (Phi) is 4.55. The van der Waals surface area contributed by atoms with Crippen molar-refractivity contribution in [1.29, 1.82) is 0 Å². The van der Waals surface area contributed by atoms with Crippen LogP contribution in [0, 0.1) is 5.21 Å². The van der Waals surface area contributed by atoms with Crippen molar-refractivity contribution >= 4 is 17.5 Å². The quantitative estimate of drug-likeness (QED) is 0.661. The first kappa shape index (κ1) is 14.3. The first-order chi connectivity index (χ1) is 9.56. The fraction of sp³-hybridized carbons (Fsp3) is 0.143. The molecule has 1 aromatic heterocycles. The van der Waals surface area contributed by atoms with Crippen molar-refractivity contribution < 1.29 is 14.6 Å². The van der Waals surface area contributed by atoms with Crippen LogP contribution in [0.1, 0.15) is 22.0 Å². The van der Waals surface area contributed by atoms with Crippen molar-refractivity contribution in [3.8, 4) is 0 Å². The number of benzene rings is 1. The molecule has 1 aromatic carbocycles. The zero-order chi connectivity index (χ0) is 14.5. The average Bonchev–Trinajstić information content (AvgIpc) is 2.45. The summed E-state index contributed by atoms with van der Waals surface area (Å²) in [5, 5.41) is 24.1. The van der Waals surface area contributed by atoms with E-state index in [1.807, 2.05) is 0 Å². The van der Waals surface area contributed by atoms with Crippen LogP contribution in [0.25, 0.3) is 0 Å². The molecular formula is C14H13ClN2O3. The molecule has 1 heterocycles. The van der Waals surface area contributed by atoms with Crippen LogP contribution in [0.4, 0.5) is 0 Å². The van der Waals surface area contributed by atoms with Gasteiger partial charge in [0.1, 0.15) is 5.56 Å². The number of hydrogen-bond acceptors (Lipinski definition) is 3. The van der Waals surface area contributed by atoms with Crippen LogP contribution in [-0.4, -0.2) is 17.6 Å². The Bertz CT molecular complexity index is 602. The van der Waals surface area contributed by atoms with E-state index in [0.29, 0.717) is 15.3 Å². The molecule has 0 aliphatic heterocycles. The fourth-order valence-corrected chi connectivity index (χ4v) is 1.81. The standard InChI is InChI=1S/C14H13ClN2O3/c15-12-5-3-10(4-6-12)13(18)8-16-14(19)11-2-1-7-17(20)9-11/h1-7,9,13,18H,8H2,(H,16,19). The van der Waals surface area contributed by atoms with Gasteiger partial charge in [-0.2, -0.15) is 4.73 Å². The minimum atomic E-state index is -0.834. The number of hydrogen-bond donors (Lipinski definition) is 2. The van der Waals surface area contributed by atoms with E-state index in [-0.39, 0.29) is 12.1 Å². The van der Waals surface area contributed by atoms with E-state index in [1.165, 1.54) is 24.5 Å². The van der Waals surface area contributed by atoms with E-state index in [4.69, 9.17) is 11.6 Å². The van der Waals surface area contributed by atoms with Crippen molar-refractivity contribution in [2.24, 2.45) is 0 Å².